The van der Waals surface area contributed by atoms with Crippen molar-refractivity contribution in [2.75, 3.05) is 6.61 Å². The van der Waals surface area contributed by atoms with E-state index in [4.69, 9.17) is 14.0 Å². The number of carbonyl (C=O) groups is 1. The maximum atomic E-state index is 11.3. The van der Waals surface area contributed by atoms with Crippen molar-refractivity contribution in [1.29, 1.82) is 0 Å². The fourth-order valence-corrected chi connectivity index (χ4v) is 1.71. The van der Waals surface area contributed by atoms with E-state index < -0.39 is 0 Å². The van der Waals surface area contributed by atoms with Crippen LogP contribution in [0.5, 0.6) is 0 Å². The number of aromatic nitrogens is 1. The molecule has 0 aliphatic rings. The van der Waals surface area contributed by atoms with Crippen molar-refractivity contribution in [3.63, 3.8) is 0 Å². The molecule has 0 fully saturated rings. The normalized spacial score (nSPS) is 10.4. The summed E-state index contributed by atoms with van der Waals surface area (Å²) in [7, 11) is 0. The fourth-order valence-electron chi connectivity index (χ4n) is 1.71. The van der Waals surface area contributed by atoms with E-state index in [-0.39, 0.29) is 12.4 Å². The fraction of sp³-hybridized carbons (Fsp3) is 0.333. The van der Waals surface area contributed by atoms with Gasteiger partial charge in [0.2, 0.25) is 0 Å². The average Bonchev–Trinajstić information content (AvgIpc) is 2.88. The molecule has 20 heavy (non-hydrogen) atoms. The van der Waals surface area contributed by atoms with E-state index in [0.29, 0.717) is 31.3 Å². The first-order chi connectivity index (χ1) is 9.78. The Bertz CT molecular complexity index is 536. The number of benzene rings is 1. The number of nitrogens with zero attached hydrogens (tertiary/aromatic N) is 1. The van der Waals surface area contributed by atoms with Crippen LogP contribution in [0.25, 0.3) is 0 Å². The first-order valence-corrected chi connectivity index (χ1v) is 6.49. The Kier molecular flexibility index (Phi) is 5.32. The molecule has 2 aromatic rings. The maximum absolute atomic E-state index is 11.3. The molecule has 0 aliphatic heterocycles. The van der Waals surface area contributed by atoms with E-state index >= 15 is 0 Å². The molecule has 0 spiro atoms. The summed E-state index contributed by atoms with van der Waals surface area (Å²) in [5.74, 6) is 0.169. The third-order valence-corrected chi connectivity index (χ3v) is 2.59. The minimum absolute atomic E-state index is 0.0968. The summed E-state index contributed by atoms with van der Waals surface area (Å²) in [6.07, 6.45) is 0.0968. The van der Waals surface area contributed by atoms with Gasteiger partial charge in [-0.1, -0.05) is 35.5 Å². The van der Waals surface area contributed by atoms with Crippen molar-refractivity contribution in [2.24, 2.45) is 0 Å². The zero-order valence-electron chi connectivity index (χ0n) is 11.4. The van der Waals surface area contributed by atoms with E-state index in [9.17, 15) is 4.79 Å². The van der Waals surface area contributed by atoms with Gasteiger partial charge in [0.05, 0.1) is 19.8 Å². The van der Waals surface area contributed by atoms with Crippen LogP contribution in [0.2, 0.25) is 0 Å². The standard InChI is InChI=1S/C15H17NO4/c1-2-19-15(17)9-14-8-13(16-20-14)11-18-10-12-6-4-3-5-7-12/h3-8H,2,9-11H2,1H3. The van der Waals surface area contributed by atoms with Gasteiger partial charge >= 0.3 is 5.97 Å². The molecule has 0 aliphatic carbocycles. The summed E-state index contributed by atoms with van der Waals surface area (Å²) in [6.45, 7) is 2.99. The van der Waals surface area contributed by atoms with E-state index in [0.717, 1.165) is 5.56 Å². The predicted molar refractivity (Wildman–Crippen MR) is 71.8 cm³/mol. The summed E-state index contributed by atoms with van der Waals surface area (Å²) in [6, 6.07) is 11.6. The molecule has 0 amide bonds. The largest absolute Gasteiger partial charge is 0.466 e. The van der Waals surface area contributed by atoms with Gasteiger partial charge in [-0.2, -0.15) is 0 Å². The summed E-state index contributed by atoms with van der Waals surface area (Å²) in [5, 5.41) is 3.85. The smallest absolute Gasteiger partial charge is 0.313 e. The molecule has 5 heteroatoms. The van der Waals surface area contributed by atoms with E-state index in [1.54, 1.807) is 13.0 Å². The second-order valence-electron chi connectivity index (χ2n) is 4.24. The quantitative estimate of drug-likeness (QED) is 0.726. The monoisotopic (exact) mass is 275 g/mol. The first-order valence-electron chi connectivity index (χ1n) is 6.49. The van der Waals surface area contributed by atoms with Crippen LogP contribution in [0.3, 0.4) is 0 Å². The van der Waals surface area contributed by atoms with Gasteiger partial charge in [0.15, 0.2) is 0 Å². The number of esters is 1. The highest BCUT2D eigenvalue weighted by atomic mass is 16.5. The van der Waals surface area contributed by atoms with Crippen molar-refractivity contribution in [3.05, 3.63) is 53.4 Å². The highest BCUT2D eigenvalue weighted by Gasteiger charge is 2.10. The molecule has 0 saturated carbocycles. The van der Waals surface area contributed by atoms with Crippen molar-refractivity contribution in [2.45, 2.75) is 26.6 Å². The summed E-state index contributed by atoms with van der Waals surface area (Å²) < 4.78 is 15.4. The Labute approximate surface area is 117 Å². The van der Waals surface area contributed by atoms with Crippen LogP contribution < -0.4 is 0 Å². The Hall–Kier alpha value is -2.14. The van der Waals surface area contributed by atoms with E-state index in [1.165, 1.54) is 0 Å². The van der Waals surface area contributed by atoms with Crippen molar-refractivity contribution in [3.8, 4) is 0 Å². The number of hydrogen-bond donors (Lipinski definition) is 0. The van der Waals surface area contributed by atoms with Gasteiger partial charge in [0.25, 0.3) is 0 Å². The topological polar surface area (TPSA) is 61.6 Å². The van der Waals surface area contributed by atoms with Crippen LogP contribution in [0, 0.1) is 0 Å². The van der Waals surface area contributed by atoms with Gasteiger partial charge < -0.3 is 14.0 Å². The first kappa shape index (κ1) is 14.3. The molecular weight excluding hydrogens is 258 g/mol. The lowest BCUT2D eigenvalue weighted by Crippen LogP contribution is -2.06. The number of carbonyl (C=O) groups excluding carboxylic acids is 1. The highest BCUT2D eigenvalue weighted by Crippen LogP contribution is 2.08. The maximum Gasteiger partial charge on any atom is 0.313 e. The third kappa shape index (κ3) is 4.51. The van der Waals surface area contributed by atoms with Crippen LogP contribution in [0.1, 0.15) is 23.9 Å². The van der Waals surface area contributed by atoms with Gasteiger partial charge in [-0.05, 0) is 12.5 Å². The molecule has 0 saturated heterocycles. The molecule has 106 valence electrons. The Morgan fingerprint density at radius 1 is 1.25 bits per heavy atom. The van der Waals surface area contributed by atoms with Crippen molar-refractivity contribution < 1.29 is 18.8 Å². The second-order valence-corrected chi connectivity index (χ2v) is 4.24. The molecule has 0 radical (unpaired) electrons. The molecule has 5 nitrogen and oxygen atoms in total. The zero-order chi connectivity index (χ0) is 14.2. The van der Waals surface area contributed by atoms with Crippen LogP contribution in [0.4, 0.5) is 0 Å². The summed E-state index contributed by atoms with van der Waals surface area (Å²) in [5.41, 5.74) is 1.77. The lowest BCUT2D eigenvalue weighted by molar-refractivity contribution is -0.142. The molecule has 2 rings (SSSR count). The SMILES string of the molecule is CCOC(=O)Cc1cc(COCc2ccccc2)no1. The Balaban J connectivity index is 1.77. The van der Waals surface area contributed by atoms with Crippen LogP contribution in [-0.4, -0.2) is 17.7 Å². The lowest BCUT2D eigenvalue weighted by Gasteiger charge is -2.01. The van der Waals surface area contributed by atoms with Gasteiger partial charge in [-0.25, -0.2) is 0 Å². The van der Waals surface area contributed by atoms with Gasteiger partial charge in [-0.15, -0.1) is 0 Å². The molecule has 1 aromatic heterocycles. The van der Waals surface area contributed by atoms with Gasteiger partial charge in [0, 0.05) is 6.07 Å². The minimum Gasteiger partial charge on any atom is -0.466 e. The number of ether oxygens (including phenoxy) is 2. The van der Waals surface area contributed by atoms with Gasteiger partial charge in [0.1, 0.15) is 17.9 Å². The highest BCUT2D eigenvalue weighted by molar-refractivity contribution is 5.71. The molecule has 0 bridgehead atoms. The minimum atomic E-state index is -0.319. The predicted octanol–water partition coefficient (Wildman–Crippen LogP) is 2.50. The lowest BCUT2D eigenvalue weighted by atomic mass is 10.2. The zero-order valence-corrected chi connectivity index (χ0v) is 11.4. The molecule has 1 heterocycles. The van der Waals surface area contributed by atoms with Crippen LogP contribution in [-0.2, 0) is 33.9 Å². The average molecular weight is 275 g/mol. The van der Waals surface area contributed by atoms with Gasteiger partial charge in [-0.3, -0.25) is 4.79 Å². The number of rotatable bonds is 7. The molecule has 0 unspecified atom stereocenters. The van der Waals surface area contributed by atoms with Crippen molar-refractivity contribution >= 4 is 5.97 Å². The summed E-state index contributed by atoms with van der Waals surface area (Å²) in [4.78, 5) is 11.3. The van der Waals surface area contributed by atoms with Crippen LogP contribution >= 0.6 is 0 Å². The Morgan fingerprint density at radius 3 is 2.80 bits per heavy atom. The Morgan fingerprint density at radius 2 is 2.05 bits per heavy atom. The molecule has 0 N–H and O–H groups in total. The van der Waals surface area contributed by atoms with E-state index in [1.807, 2.05) is 30.3 Å². The molecular formula is C15H17NO4. The van der Waals surface area contributed by atoms with Crippen LogP contribution in [0.15, 0.2) is 40.9 Å². The number of hydrogen-bond acceptors (Lipinski definition) is 5. The summed E-state index contributed by atoms with van der Waals surface area (Å²) >= 11 is 0. The third-order valence-electron chi connectivity index (χ3n) is 2.59. The molecule has 0 atom stereocenters. The van der Waals surface area contributed by atoms with Crippen molar-refractivity contribution in [1.82, 2.24) is 5.16 Å². The van der Waals surface area contributed by atoms with E-state index in [2.05, 4.69) is 5.16 Å². The molecule has 1 aromatic carbocycles. The second kappa shape index (κ2) is 7.45.